The summed E-state index contributed by atoms with van der Waals surface area (Å²) in [5.41, 5.74) is 3.55. The molecule has 0 atom stereocenters. The molecule has 1 aliphatic heterocycles. The molecule has 0 bridgehead atoms. The minimum absolute atomic E-state index is 0.105. The monoisotopic (exact) mass is 522 g/mol. The van der Waals surface area contributed by atoms with Gasteiger partial charge in [0.2, 0.25) is 10.0 Å². The smallest absolute Gasteiger partial charge is 0.234 e. The van der Waals surface area contributed by atoms with Crippen LogP contribution in [0.1, 0.15) is 39.0 Å². The highest BCUT2D eigenvalue weighted by molar-refractivity contribution is 7.92. The van der Waals surface area contributed by atoms with E-state index in [1.165, 1.54) is 6.42 Å². The quantitative estimate of drug-likeness (QED) is 0.440. The third-order valence-electron chi connectivity index (χ3n) is 7.28. The van der Waals surface area contributed by atoms with Gasteiger partial charge in [-0.3, -0.25) is 4.72 Å². The van der Waals surface area contributed by atoms with E-state index in [0.29, 0.717) is 16.7 Å². The summed E-state index contributed by atoms with van der Waals surface area (Å²) in [6.07, 6.45) is 5.28. The van der Waals surface area contributed by atoms with Gasteiger partial charge in [0.1, 0.15) is 11.1 Å². The first-order chi connectivity index (χ1) is 18.0. The van der Waals surface area contributed by atoms with Crippen LogP contribution in [-0.4, -0.2) is 57.5 Å². The van der Waals surface area contributed by atoms with E-state index >= 15 is 0 Å². The molecule has 37 heavy (non-hydrogen) atoms. The normalized spacial score (nSPS) is 16.9. The van der Waals surface area contributed by atoms with Crippen LogP contribution in [0.5, 0.6) is 5.75 Å². The lowest BCUT2D eigenvalue weighted by Crippen LogP contribution is -2.44. The predicted molar refractivity (Wildman–Crippen MR) is 147 cm³/mol. The van der Waals surface area contributed by atoms with Crippen molar-refractivity contribution in [3.8, 4) is 28.8 Å². The van der Waals surface area contributed by atoms with Crippen molar-refractivity contribution < 1.29 is 17.7 Å². The topological polar surface area (TPSA) is 87.9 Å². The van der Waals surface area contributed by atoms with Crippen LogP contribution < -0.4 is 14.4 Å². The molecular formula is C28H34N4O4S. The van der Waals surface area contributed by atoms with E-state index in [4.69, 9.17) is 9.26 Å². The van der Waals surface area contributed by atoms with Crippen molar-refractivity contribution in [2.24, 2.45) is 5.92 Å². The summed E-state index contributed by atoms with van der Waals surface area (Å²) in [6.45, 7) is 5.50. The lowest BCUT2D eigenvalue weighted by Gasteiger charge is -2.34. The number of hydrogen-bond donors (Lipinski definition) is 1. The van der Waals surface area contributed by atoms with Crippen molar-refractivity contribution in [3.63, 3.8) is 0 Å². The third kappa shape index (κ3) is 5.80. The van der Waals surface area contributed by atoms with Crippen LogP contribution >= 0.6 is 0 Å². The number of rotatable bonds is 7. The molecule has 8 nitrogen and oxygen atoms in total. The number of nitrogens with one attached hydrogen (secondary N) is 1. The van der Waals surface area contributed by atoms with Crippen molar-refractivity contribution in [1.29, 1.82) is 0 Å². The fourth-order valence-corrected chi connectivity index (χ4v) is 6.87. The van der Waals surface area contributed by atoms with Crippen LogP contribution in [-0.2, 0) is 10.0 Å². The zero-order chi connectivity index (χ0) is 25.8. The standard InChI is InChI=1S/C28H34N4O4S/c1-3-12-31-13-15-32(16-14-31)24-11-7-10-22(17-24)23-18-25(35-2)27-26(19-23)36-29-28(27)30-37(33,34)20-21-8-5-4-6-9-21/h7,10-11,17-19,21H,4-6,8-9,13-16,20H2,1-2H3,(H,29,30). The number of methoxy groups -OCH3 is 1. The van der Waals surface area contributed by atoms with E-state index in [1.54, 1.807) is 7.11 Å². The van der Waals surface area contributed by atoms with Crippen LogP contribution in [0.4, 0.5) is 11.5 Å². The Kier molecular flexibility index (Phi) is 7.47. The summed E-state index contributed by atoms with van der Waals surface area (Å²) < 4.78 is 39.7. The highest BCUT2D eigenvalue weighted by atomic mass is 32.2. The van der Waals surface area contributed by atoms with Gasteiger partial charge in [-0.2, -0.15) is 0 Å². The molecule has 0 amide bonds. The lowest BCUT2D eigenvalue weighted by molar-refractivity contribution is 0.368. The molecule has 1 saturated carbocycles. The number of hydrogen-bond acceptors (Lipinski definition) is 7. The van der Waals surface area contributed by atoms with Gasteiger partial charge in [-0.05, 0) is 61.1 Å². The zero-order valence-corrected chi connectivity index (χ0v) is 22.3. The second kappa shape index (κ2) is 10.9. The molecular weight excluding hydrogens is 488 g/mol. The van der Waals surface area contributed by atoms with Gasteiger partial charge < -0.3 is 19.1 Å². The molecule has 2 aliphatic rings. The largest absolute Gasteiger partial charge is 0.496 e. The van der Waals surface area contributed by atoms with Crippen LogP contribution in [0, 0.1) is 17.9 Å². The first-order valence-electron chi connectivity index (χ1n) is 13.0. The minimum Gasteiger partial charge on any atom is -0.496 e. The summed E-state index contributed by atoms with van der Waals surface area (Å²) in [5, 5.41) is 4.59. The number of anilines is 2. The van der Waals surface area contributed by atoms with Gasteiger partial charge in [0.25, 0.3) is 0 Å². The Bertz CT molecular complexity index is 1410. The van der Waals surface area contributed by atoms with E-state index in [2.05, 4.69) is 43.8 Å². The zero-order valence-electron chi connectivity index (χ0n) is 21.5. The summed E-state index contributed by atoms with van der Waals surface area (Å²) in [5.74, 6) is 3.96. The van der Waals surface area contributed by atoms with Gasteiger partial charge in [-0.15, -0.1) is 0 Å². The average Bonchev–Trinajstić information content (AvgIpc) is 3.31. The number of piperazine rings is 1. The number of aromatic nitrogens is 1. The van der Waals surface area contributed by atoms with Crippen molar-refractivity contribution >= 4 is 32.5 Å². The summed E-state index contributed by atoms with van der Waals surface area (Å²) >= 11 is 0. The van der Waals surface area contributed by atoms with Gasteiger partial charge in [0.05, 0.1) is 12.9 Å². The molecule has 1 saturated heterocycles. The number of fused-ring (bicyclic) bond motifs is 1. The molecule has 3 aromatic rings. The number of sulfonamides is 1. The number of nitrogens with zero attached hydrogens (tertiary/aromatic N) is 3. The minimum atomic E-state index is -3.55. The fraction of sp³-hybridized carbons (Fsp3) is 0.464. The summed E-state index contributed by atoms with van der Waals surface area (Å²) in [7, 11) is -1.98. The van der Waals surface area contributed by atoms with Gasteiger partial charge in [-0.1, -0.05) is 42.5 Å². The molecule has 2 heterocycles. The number of ether oxygens (including phenoxy) is 1. The van der Waals surface area contributed by atoms with Crippen molar-refractivity contribution in [2.45, 2.75) is 39.0 Å². The Morgan fingerprint density at radius 2 is 1.86 bits per heavy atom. The molecule has 0 spiro atoms. The molecule has 0 radical (unpaired) electrons. The van der Waals surface area contributed by atoms with Crippen molar-refractivity contribution in [1.82, 2.24) is 10.1 Å². The molecule has 0 unspecified atom stereocenters. The molecule has 196 valence electrons. The predicted octanol–water partition coefficient (Wildman–Crippen LogP) is 4.93. The molecule has 1 aliphatic carbocycles. The Morgan fingerprint density at radius 3 is 2.59 bits per heavy atom. The fourth-order valence-electron chi connectivity index (χ4n) is 5.40. The first kappa shape index (κ1) is 25.3. The van der Waals surface area contributed by atoms with E-state index < -0.39 is 10.0 Å². The van der Waals surface area contributed by atoms with Gasteiger partial charge in [-0.25, -0.2) is 8.42 Å². The molecule has 2 aromatic carbocycles. The third-order valence-corrected chi connectivity index (χ3v) is 8.70. The molecule has 2 fully saturated rings. The van der Waals surface area contributed by atoms with Gasteiger partial charge in [0, 0.05) is 37.9 Å². The molecule has 5 rings (SSSR count). The Hall–Kier alpha value is -3.38. The SMILES string of the molecule is CC#CN1CCN(c2cccc(-c3cc(OC)c4c(NS(=O)(=O)CC5CCCCC5)noc4c3)c2)CC1. The molecule has 1 aromatic heterocycles. The van der Waals surface area contributed by atoms with Gasteiger partial charge in [0.15, 0.2) is 11.4 Å². The first-order valence-corrected chi connectivity index (χ1v) is 14.6. The highest BCUT2D eigenvalue weighted by Gasteiger charge is 2.25. The Labute approximate surface area is 219 Å². The van der Waals surface area contributed by atoms with Crippen molar-refractivity contribution in [3.05, 3.63) is 36.4 Å². The van der Waals surface area contributed by atoms with E-state index in [-0.39, 0.29) is 17.5 Å². The maximum atomic E-state index is 12.9. The second-order valence-corrected chi connectivity index (χ2v) is 11.6. The second-order valence-electron chi connectivity index (χ2n) is 9.86. The van der Waals surface area contributed by atoms with Gasteiger partial charge >= 0.3 is 0 Å². The van der Waals surface area contributed by atoms with Crippen LogP contribution in [0.2, 0.25) is 0 Å². The summed E-state index contributed by atoms with van der Waals surface area (Å²) in [4.78, 5) is 4.52. The van der Waals surface area contributed by atoms with E-state index in [0.717, 1.165) is 68.7 Å². The molecule has 1 N–H and O–H groups in total. The number of benzene rings is 2. The maximum absolute atomic E-state index is 12.9. The molecule has 9 heteroatoms. The summed E-state index contributed by atoms with van der Waals surface area (Å²) in [6, 6.07) is 15.3. The average molecular weight is 523 g/mol. The Morgan fingerprint density at radius 1 is 1.08 bits per heavy atom. The van der Waals surface area contributed by atoms with E-state index in [9.17, 15) is 8.42 Å². The van der Waals surface area contributed by atoms with Crippen molar-refractivity contribution in [2.75, 3.05) is 48.7 Å². The van der Waals surface area contributed by atoms with Crippen LogP contribution in [0.15, 0.2) is 40.9 Å². The van der Waals surface area contributed by atoms with Crippen LogP contribution in [0.3, 0.4) is 0 Å². The van der Waals surface area contributed by atoms with E-state index in [1.807, 2.05) is 31.2 Å². The Balaban J connectivity index is 1.38. The highest BCUT2D eigenvalue weighted by Crippen LogP contribution is 2.38. The van der Waals surface area contributed by atoms with Crippen LogP contribution in [0.25, 0.3) is 22.1 Å². The maximum Gasteiger partial charge on any atom is 0.234 e. The lowest BCUT2D eigenvalue weighted by atomic mass is 9.91.